The van der Waals surface area contributed by atoms with Gasteiger partial charge in [0.2, 0.25) is 0 Å². The Labute approximate surface area is 99.8 Å². The number of nitrogens with one attached hydrogen (secondary N) is 2. The summed E-state index contributed by atoms with van der Waals surface area (Å²) in [5.74, 6) is 0. The summed E-state index contributed by atoms with van der Waals surface area (Å²) in [6, 6.07) is 4.05. The highest BCUT2D eigenvalue weighted by molar-refractivity contribution is 9.10. The average Bonchev–Trinajstić information content (AvgIpc) is 2.26. The Bertz CT molecular complexity index is 261. The molecular formula is C11H18BrN3. The zero-order valence-corrected chi connectivity index (χ0v) is 10.7. The SMILES string of the molecule is CCNCCCNCc1ccc(Br)cn1. The highest BCUT2D eigenvalue weighted by Crippen LogP contribution is 2.06. The van der Waals surface area contributed by atoms with Crippen molar-refractivity contribution in [1.29, 1.82) is 0 Å². The molecule has 0 aliphatic rings. The maximum absolute atomic E-state index is 4.29. The number of pyridine rings is 1. The average molecular weight is 272 g/mol. The zero-order chi connectivity index (χ0) is 10.9. The molecule has 84 valence electrons. The molecule has 15 heavy (non-hydrogen) atoms. The minimum atomic E-state index is 0.847. The van der Waals surface area contributed by atoms with Crippen molar-refractivity contribution >= 4 is 15.9 Å². The van der Waals surface area contributed by atoms with E-state index in [4.69, 9.17) is 0 Å². The van der Waals surface area contributed by atoms with E-state index in [1.54, 1.807) is 0 Å². The smallest absolute Gasteiger partial charge is 0.0542 e. The van der Waals surface area contributed by atoms with Crippen molar-refractivity contribution in [2.45, 2.75) is 19.9 Å². The van der Waals surface area contributed by atoms with E-state index >= 15 is 0 Å². The molecule has 0 aliphatic carbocycles. The lowest BCUT2D eigenvalue weighted by atomic mass is 10.3. The standard InChI is InChI=1S/C11H18BrN3/c1-2-13-6-3-7-14-9-11-5-4-10(12)8-15-11/h4-5,8,13-14H,2-3,6-7,9H2,1H3. The van der Waals surface area contributed by atoms with Gasteiger partial charge in [0.25, 0.3) is 0 Å². The molecule has 0 atom stereocenters. The Morgan fingerprint density at radius 1 is 1.27 bits per heavy atom. The van der Waals surface area contributed by atoms with Crippen LogP contribution >= 0.6 is 15.9 Å². The van der Waals surface area contributed by atoms with E-state index in [0.29, 0.717) is 0 Å². The summed E-state index contributed by atoms with van der Waals surface area (Å²) < 4.78 is 1.03. The number of rotatable bonds is 7. The quantitative estimate of drug-likeness (QED) is 0.745. The van der Waals surface area contributed by atoms with E-state index in [1.165, 1.54) is 0 Å². The predicted molar refractivity (Wildman–Crippen MR) is 66.8 cm³/mol. The molecule has 0 bridgehead atoms. The van der Waals surface area contributed by atoms with Crippen LogP contribution in [0.3, 0.4) is 0 Å². The van der Waals surface area contributed by atoms with Crippen LogP contribution in [0.15, 0.2) is 22.8 Å². The monoisotopic (exact) mass is 271 g/mol. The third-order valence-corrected chi connectivity index (χ3v) is 2.52. The Balaban J connectivity index is 2.07. The van der Waals surface area contributed by atoms with Crippen LogP contribution in [-0.2, 0) is 6.54 Å². The molecular weight excluding hydrogens is 254 g/mol. The summed E-state index contributed by atoms with van der Waals surface area (Å²) in [5, 5.41) is 6.65. The normalized spacial score (nSPS) is 10.5. The van der Waals surface area contributed by atoms with E-state index < -0.39 is 0 Å². The molecule has 2 N–H and O–H groups in total. The minimum Gasteiger partial charge on any atom is -0.317 e. The molecule has 0 fully saturated rings. The number of hydrogen-bond donors (Lipinski definition) is 2. The summed E-state index contributed by atoms with van der Waals surface area (Å²) in [6.45, 7) is 6.13. The molecule has 3 nitrogen and oxygen atoms in total. The predicted octanol–water partition coefficient (Wildman–Crippen LogP) is 1.93. The molecule has 4 heteroatoms. The third kappa shape index (κ3) is 5.87. The summed E-state index contributed by atoms with van der Waals surface area (Å²) in [4.78, 5) is 4.29. The molecule has 0 saturated heterocycles. The second-order valence-electron chi connectivity index (χ2n) is 3.35. The number of aromatic nitrogens is 1. The van der Waals surface area contributed by atoms with Gasteiger partial charge in [-0.05, 0) is 54.1 Å². The molecule has 0 unspecified atom stereocenters. The van der Waals surface area contributed by atoms with Crippen LogP contribution in [0.2, 0.25) is 0 Å². The van der Waals surface area contributed by atoms with Crippen molar-refractivity contribution in [3.8, 4) is 0 Å². The minimum absolute atomic E-state index is 0.847. The number of hydrogen-bond acceptors (Lipinski definition) is 3. The Hall–Kier alpha value is -0.450. The molecule has 0 spiro atoms. The second kappa shape index (κ2) is 7.79. The van der Waals surface area contributed by atoms with Crippen molar-refractivity contribution in [3.05, 3.63) is 28.5 Å². The molecule has 0 aliphatic heterocycles. The number of nitrogens with zero attached hydrogens (tertiary/aromatic N) is 1. The van der Waals surface area contributed by atoms with Crippen LogP contribution in [0, 0.1) is 0 Å². The number of halogens is 1. The van der Waals surface area contributed by atoms with E-state index in [9.17, 15) is 0 Å². The van der Waals surface area contributed by atoms with Crippen LogP contribution < -0.4 is 10.6 Å². The third-order valence-electron chi connectivity index (χ3n) is 2.05. The zero-order valence-electron chi connectivity index (χ0n) is 9.09. The molecule has 1 aromatic heterocycles. The van der Waals surface area contributed by atoms with Crippen molar-refractivity contribution < 1.29 is 0 Å². The topological polar surface area (TPSA) is 37.0 Å². The van der Waals surface area contributed by atoms with E-state index in [0.717, 1.165) is 42.8 Å². The van der Waals surface area contributed by atoms with Gasteiger partial charge in [-0.25, -0.2) is 0 Å². The maximum Gasteiger partial charge on any atom is 0.0542 e. The first-order chi connectivity index (χ1) is 7.33. The van der Waals surface area contributed by atoms with Gasteiger partial charge in [-0.2, -0.15) is 0 Å². The van der Waals surface area contributed by atoms with Crippen LogP contribution in [0.25, 0.3) is 0 Å². The fourth-order valence-electron chi connectivity index (χ4n) is 1.24. The Morgan fingerprint density at radius 2 is 2.07 bits per heavy atom. The molecule has 0 radical (unpaired) electrons. The largest absolute Gasteiger partial charge is 0.317 e. The maximum atomic E-state index is 4.29. The summed E-state index contributed by atoms with van der Waals surface area (Å²) in [7, 11) is 0. The molecule has 1 aromatic rings. The van der Waals surface area contributed by atoms with Crippen LogP contribution in [0.5, 0.6) is 0 Å². The van der Waals surface area contributed by atoms with Gasteiger partial charge in [-0.1, -0.05) is 6.92 Å². The van der Waals surface area contributed by atoms with Gasteiger partial charge in [-0.3, -0.25) is 4.98 Å². The molecule has 1 rings (SSSR count). The lowest BCUT2D eigenvalue weighted by Gasteiger charge is -2.04. The molecule has 0 aromatic carbocycles. The summed E-state index contributed by atoms with van der Waals surface area (Å²) >= 11 is 3.36. The first kappa shape index (κ1) is 12.6. The molecule has 0 amide bonds. The Kier molecular flexibility index (Phi) is 6.55. The molecule has 0 saturated carbocycles. The van der Waals surface area contributed by atoms with Crippen LogP contribution in [-0.4, -0.2) is 24.6 Å². The fourth-order valence-corrected chi connectivity index (χ4v) is 1.48. The Morgan fingerprint density at radius 3 is 2.73 bits per heavy atom. The van der Waals surface area contributed by atoms with Gasteiger partial charge in [0.1, 0.15) is 0 Å². The van der Waals surface area contributed by atoms with Crippen molar-refractivity contribution in [2.24, 2.45) is 0 Å². The van der Waals surface area contributed by atoms with E-state index in [2.05, 4.69) is 38.5 Å². The van der Waals surface area contributed by atoms with Crippen molar-refractivity contribution in [1.82, 2.24) is 15.6 Å². The van der Waals surface area contributed by atoms with Crippen LogP contribution in [0.1, 0.15) is 19.0 Å². The van der Waals surface area contributed by atoms with Gasteiger partial charge in [0.15, 0.2) is 0 Å². The van der Waals surface area contributed by atoms with Gasteiger partial charge < -0.3 is 10.6 Å². The lowest BCUT2D eigenvalue weighted by molar-refractivity contribution is 0.601. The van der Waals surface area contributed by atoms with Gasteiger partial charge in [0.05, 0.1) is 5.69 Å². The summed E-state index contributed by atoms with van der Waals surface area (Å²) in [6.07, 6.45) is 2.99. The van der Waals surface area contributed by atoms with Gasteiger partial charge in [0, 0.05) is 17.2 Å². The van der Waals surface area contributed by atoms with Gasteiger partial charge in [-0.15, -0.1) is 0 Å². The van der Waals surface area contributed by atoms with E-state index in [-0.39, 0.29) is 0 Å². The van der Waals surface area contributed by atoms with Crippen molar-refractivity contribution in [2.75, 3.05) is 19.6 Å². The van der Waals surface area contributed by atoms with Gasteiger partial charge >= 0.3 is 0 Å². The van der Waals surface area contributed by atoms with E-state index in [1.807, 2.05) is 18.3 Å². The molecule has 1 heterocycles. The van der Waals surface area contributed by atoms with Crippen molar-refractivity contribution in [3.63, 3.8) is 0 Å². The first-order valence-electron chi connectivity index (χ1n) is 5.35. The fraction of sp³-hybridized carbons (Fsp3) is 0.545. The lowest BCUT2D eigenvalue weighted by Crippen LogP contribution is -2.21. The highest BCUT2D eigenvalue weighted by Gasteiger charge is 1.93. The second-order valence-corrected chi connectivity index (χ2v) is 4.27. The van der Waals surface area contributed by atoms with Crippen LogP contribution in [0.4, 0.5) is 0 Å². The first-order valence-corrected chi connectivity index (χ1v) is 6.14. The highest BCUT2D eigenvalue weighted by atomic mass is 79.9. The summed E-state index contributed by atoms with van der Waals surface area (Å²) in [5.41, 5.74) is 1.08.